The molecule has 7 heteroatoms. The highest BCUT2D eigenvalue weighted by Crippen LogP contribution is 2.43. The molecule has 2 aromatic carbocycles. The van der Waals surface area contributed by atoms with E-state index in [9.17, 15) is 22.7 Å². The zero-order valence-electron chi connectivity index (χ0n) is 13.9. The summed E-state index contributed by atoms with van der Waals surface area (Å²) in [5, 5.41) is 9.79. The van der Waals surface area contributed by atoms with Crippen LogP contribution in [0.15, 0.2) is 47.4 Å². The summed E-state index contributed by atoms with van der Waals surface area (Å²) >= 11 is 0. The Morgan fingerprint density at radius 2 is 2.00 bits per heavy atom. The third kappa shape index (κ3) is 2.42. The van der Waals surface area contributed by atoms with Gasteiger partial charge >= 0.3 is 5.97 Å². The van der Waals surface area contributed by atoms with Crippen molar-refractivity contribution in [1.29, 1.82) is 0 Å². The van der Waals surface area contributed by atoms with Crippen LogP contribution in [0.4, 0.5) is 4.39 Å². The highest BCUT2D eigenvalue weighted by atomic mass is 32.2. The number of aromatic nitrogens is 1. The molecule has 1 aliphatic rings. The number of halogens is 1. The molecule has 1 atom stereocenters. The Morgan fingerprint density at radius 3 is 2.73 bits per heavy atom. The van der Waals surface area contributed by atoms with Crippen molar-refractivity contribution in [3.05, 3.63) is 65.1 Å². The van der Waals surface area contributed by atoms with Crippen LogP contribution in [0.2, 0.25) is 0 Å². The van der Waals surface area contributed by atoms with Crippen molar-refractivity contribution >= 4 is 26.7 Å². The summed E-state index contributed by atoms with van der Waals surface area (Å²) in [5.74, 6) is -2.01. The molecule has 1 aliphatic heterocycles. The first kappa shape index (κ1) is 16.8. The second-order valence-electron chi connectivity index (χ2n) is 6.51. The van der Waals surface area contributed by atoms with Gasteiger partial charge in [0.15, 0.2) is 9.84 Å². The van der Waals surface area contributed by atoms with Crippen molar-refractivity contribution in [3.63, 3.8) is 0 Å². The first-order chi connectivity index (χ1) is 12.3. The molecule has 0 bridgehead atoms. The third-order valence-electron chi connectivity index (χ3n) is 4.99. The maximum Gasteiger partial charge on any atom is 0.323 e. The van der Waals surface area contributed by atoms with Gasteiger partial charge in [-0.3, -0.25) is 4.79 Å². The summed E-state index contributed by atoms with van der Waals surface area (Å²) < 4.78 is 40.6. The first-order valence-corrected chi connectivity index (χ1v) is 9.76. The summed E-state index contributed by atoms with van der Waals surface area (Å²) in [5.41, 5.74) is 2.58. The average molecular weight is 373 g/mol. The predicted octanol–water partition coefficient (Wildman–Crippen LogP) is 3.09. The van der Waals surface area contributed by atoms with E-state index >= 15 is 0 Å². The lowest BCUT2D eigenvalue weighted by Crippen LogP contribution is -2.11. The van der Waals surface area contributed by atoms with Gasteiger partial charge in [-0.15, -0.1) is 0 Å². The normalized spacial score (nSPS) is 18.2. The van der Waals surface area contributed by atoms with Crippen molar-refractivity contribution in [2.24, 2.45) is 0 Å². The molecule has 0 saturated heterocycles. The van der Waals surface area contributed by atoms with Gasteiger partial charge in [-0.25, -0.2) is 12.8 Å². The lowest BCUT2D eigenvalue weighted by molar-refractivity contribution is -0.137. The molecule has 0 spiro atoms. The number of benzene rings is 2. The standard InChI is InChI=1S/C19H16FNO4S/c1-11-19(15-10-26(24,25)17-5-3-2-4-13(15)17)14-8-12(20)6-7-16(14)21(11)9-18(22)23/h2-8,15H,9-10H2,1H3,(H,22,23). The van der Waals surface area contributed by atoms with Gasteiger partial charge < -0.3 is 9.67 Å². The summed E-state index contributed by atoms with van der Waals surface area (Å²) in [6, 6.07) is 11.0. The van der Waals surface area contributed by atoms with E-state index in [1.54, 1.807) is 41.8 Å². The topological polar surface area (TPSA) is 76.4 Å². The fourth-order valence-electron chi connectivity index (χ4n) is 3.95. The monoisotopic (exact) mass is 373 g/mol. The second-order valence-corrected chi connectivity index (χ2v) is 8.51. The van der Waals surface area contributed by atoms with E-state index in [0.29, 0.717) is 32.6 Å². The Hall–Kier alpha value is -2.67. The summed E-state index contributed by atoms with van der Waals surface area (Å²) in [7, 11) is -3.43. The Morgan fingerprint density at radius 1 is 1.27 bits per heavy atom. The van der Waals surface area contributed by atoms with Crippen molar-refractivity contribution < 1.29 is 22.7 Å². The van der Waals surface area contributed by atoms with Crippen LogP contribution in [0.5, 0.6) is 0 Å². The lowest BCUT2D eigenvalue weighted by Gasteiger charge is -2.12. The van der Waals surface area contributed by atoms with E-state index in [4.69, 9.17) is 0 Å². The minimum Gasteiger partial charge on any atom is -0.480 e. The average Bonchev–Trinajstić information content (AvgIpc) is 2.99. The molecule has 0 saturated carbocycles. The first-order valence-electron chi connectivity index (χ1n) is 8.11. The zero-order chi connectivity index (χ0) is 18.6. The van der Waals surface area contributed by atoms with Gasteiger partial charge in [-0.2, -0.15) is 0 Å². The van der Waals surface area contributed by atoms with Crippen LogP contribution in [0.1, 0.15) is 22.7 Å². The van der Waals surface area contributed by atoms with Gasteiger partial charge in [0, 0.05) is 22.5 Å². The molecule has 26 heavy (non-hydrogen) atoms. The number of hydrogen-bond acceptors (Lipinski definition) is 3. The van der Waals surface area contributed by atoms with Crippen LogP contribution in [-0.4, -0.2) is 29.8 Å². The summed E-state index contributed by atoms with van der Waals surface area (Å²) in [6.07, 6.45) is 0. The van der Waals surface area contributed by atoms with Gasteiger partial charge in [0.1, 0.15) is 12.4 Å². The number of nitrogens with zero attached hydrogens (tertiary/aromatic N) is 1. The Bertz CT molecular complexity index is 1160. The largest absolute Gasteiger partial charge is 0.480 e. The molecule has 5 nitrogen and oxygen atoms in total. The van der Waals surface area contributed by atoms with Gasteiger partial charge in [-0.05, 0) is 42.3 Å². The van der Waals surface area contributed by atoms with Crippen LogP contribution < -0.4 is 0 Å². The van der Waals surface area contributed by atoms with Crippen molar-refractivity contribution in [3.8, 4) is 0 Å². The van der Waals surface area contributed by atoms with Crippen LogP contribution in [0.3, 0.4) is 0 Å². The van der Waals surface area contributed by atoms with E-state index in [0.717, 1.165) is 0 Å². The number of rotatable bonds is 3. The van der Waals surface area contributed by atoms with Crippen molar-refractivity contribution in [2.75, 3.05) is 5.75 Å². The van der Waals surface area contributed by atoms with Crippen LogP contribution in [0.25, 0.3) is 10.9 Å². The zero-order valence-corrected chi connectivity index (χ0v) is 14.8. The number of fused-ring (bicyclic) bond motifs is 2. The molecular formula is C19H16FNO4S. The van der Waals surface area contributed by atoms with Gasteiger partial charge in [0.25, 0.3) is 0 Å². The summed E-state index contributed by atoms with van der Waals surface area (Å²) in [6.45, 7) is 1.48. The van der Waals surface area contributed by atoms with Gasteiger partial charge in [0.05, 0.1) is 10.6 Å². The Kier molecular flexibility index (Phi) is 3.66. The number of carboxylic acid groups (broad SMARTS) is 1. The van der Waals surface area contributed by atoms with E-state index in [2.05, 4.69) is 0 Å². The number of carboxylic acids is 1. The maximum atomic E-state index is 13.9. The lowest BCUT2D eigenvalue weighted by atomic mass is 9.91. The maximum absolute atomic E-state index is 13.9. The van der Waals surface area contributed by atoms with E-state index in [-0.39, 0.29) is 12.3 Å². The Balaban J connectivity index is 2.03. The predicted molar refractivity (Wildman–Crippen MR) is 94.6 cm³/mol. The number of aliphatic carboxylic acids is 1. The highest BCUT2D eigenvalue weighted by molar-refractivity contribution is 7.91. The molecule has 2 heterocycles. The van der Waals surface area contributed by atoms with Gasteiger partial charge in [-0.1, -0.05) is 18.2 Å². The molecule has 4 rings (SSSR count). The summed E-state index contributed by atoms with van der Waals surface area (Å²) in [4.78, 5) is 11.6. The van der Waals surface area contributed by atoms with Crippen LogP contribution in [-0.2, 0) is 21.2 Å². The molecule has 0 amide bonds. The number of sulfone groups is 1. The molecule has 134 valence electrons. The molecule has 0 radical (unpaired) electrons. The molecule has 0 fully saturated rings. The SMILES string of the molecule is Cc1c(C2CS(=O)(=O)c3ccccc32)c2cc(F)ccc2n1CC(=O)O. The van der Waals surface area contributed by atoms with Gasteiger partial charge in [0.2, 0.25) is 0 Å². The molecule has 1 unspecified atom stereocenters. The smallest absolute Gasteiger partial charge is 0.323 e. The molecule has 3 aromatic rings. The fourth-order valence-corrected chi connectivity index (χ4v) is 5.77. The highest BCUT2D eigenvalue weighted by Gasteiger charge is 2.38. The van der Waals surface area contributed by atoms with E-state index in [1.807, 2.05) is 0 Å². The molecular weight excluding hydrogens is 357 g/mol. The van der Waals surface area contributed by atoms with Crippen LogP contribution in [0, 0.1) is 12.7 Å². The second kappa shape index (κ2) is 5.67. The minimum atomic E-state index is -3.43. The third-order valence-corrected chi connectivity index (χ3v) is 6.81. The number of carbonyl (C=O) groups is 1. The number of hydrogen-bond donors (Lipinski definition) is 1. The molecule has 1 N–H and O–H groups in total. The van der Waals surface area contributed by atoms with E-state index in [1.165, 1.54) is 12.1 Å². The fraction of sp³-hybridized carbons (Fsp3) is 0.211. The minimum absolute atomic E-state index is 0.101. The quantitative estimate of drug-likeness (QED) is 0.765. The van der Waals surface area contributed by atoms with E-state index < -0.39 is 27.5 Å². The van der Waals surface area contributed by atoms with Crippen LogP contribution >= 0.6 is 0 Å². The molecule has 1 aromatic heterocycles. The van der Waals surface area contributed by atoms with Crippen molar-refractivity contribution in [1.82, 2.24) is 4.57 Å². The Labute approximate surface area is 149 Å². The molecule has 0 aliphatic carbocycles. The van der Waals surface area contributed by atoms with Crippen molar-refractivity contribution in [2.45, 2.75) is 24.3 Å².